The summed E-state index contributed by atoms with van der Waals surface area (Å²) in [4.78, 5) is 23.9. The van der Waals surface area contributed by atoms with E-state index in [1.54, 1.807) is 0 Å². The third-order valence-corrected chi connectivity index (χ3v) is 4.02. The van der Waals surface area contributed by atoms with E-state index < -0.39 is 18.1 Å². The highest BCUT2D eigenvalue weighted by Gasteiger charge is 2.21. The molecule has 5 nitrogen and oxygen atoms in total. The smallest absolute Gasteiger partial charge is 0.407 e. The van der Waals surface area contributed by atoms with E-state index in [2.05, 4.69) is 5.32 Å². The summed E-state index contributed by atoms with van der Waals surface area (Å²) in [7, 11) is 0. The predicted octanol–water partition coefficient (Wildman–Crippen LogP) is 3.50. The van der Waals surface area contributed by atoms with E-state index in [-0.39, 0.29) is 13.0 Å². The van der Waals surface area contributed by atoms with Gasteiger partial charge in [-0.15, -0.1) is 11.3 Å². The van der Waals surface area contributed by atoms with E-state index in [9.17, 15) is 9.59 Å². The maximum absolute atomic E-state index is 11.9. The summed E-state index contributed by atoms with van der Waals surface area (Å²) < 4.78 is 5.14. The van der Waals surface area contributed by atoms with Crippen molar-refractivity contribution in [2.24, 2.45) is 0 Å². The van der Waals surface area contributed by atoms with E-state index >= 15 is 0 Å². The van der Waals surface area contributed by atoms with Gasteiger partial charge in [0.15, 0.2) is 0 Å². The van der Waals surface area contributed by atoms with Crippen molar-refractivity contribution in [1.29, 1.82) is 0 Å². The molecule has 0 radical (unpaired) electrons. The van der Waals surface area contributed by atoms with Gasteiger partial charge in [0, 0.05) is 4.88 Å². The molecule has 6 heteroatoms. The number of amides is 1. The van der Waals surface area contributed by atoms with Crippen LogP contribution < -0.4 is 5.32 Å². The molecule has 116 valence electrons. The van der Waals surface area contributed by atoms with Crippen LogP contribution in [0.4, 0.5) is 4.79 Å². The summed E-state index contributed by atoms with van der Waals surface area (Å²) in [6, 6.07) is 10.5. The van der Waals surface area contributed by atoms with Crippen LogP contribution in [0.2, 0.25) is 0 Å². The van der Waals surface area contributed by atoms with Crippen molar-refractivity contribution >= 4 is 23.4 Å². The number of aliphatic carboxylic acids is 1. The van der Waals surface area contributed by atoms with E-state index in [4.69, 9.17) is 9.84 Å². The fourth-order valence-corrected chi connectivity index (χ4v) is 2.84. The first kappa shape index (κ1) is 16.0. The second kappa shape index (κ2) is 7.61. The number of ether oxygens (including phenoxy) is 1. The van der Waals surface area contributed by atoms with E-state index in [1.807, 2.05) is 48.7 Å². The highest BCUT2D eigenvalue weighted by atomic mass is 32.1. The lowest BCUT2D eigenvalue weighted by Crippen LogP contribution is -2.30. The van der Waals surface area contributed by atoms with Gasteiger partial charge >= 0.3 is 12.1 Å². The maximum atomic E-state index is 11.9. The van der Waals surface area contributed by atoms with Gasteiger partial charge in [0.25, 0.3) is 0 Å². The average molecular weight is 319 g/mol. The predicted molar refractivity (Wildman–Crippen MR) is 83.8 cm³/mol. The van der Waals surface area contributed by atoms with Gasteiger partial charge < -0.3 is 15.2 Å². The minimum absolute atomic E-state index is 0.148. The highest BCUT2D eigenvalue weighted by Crippen LogP contribution is 2.25. The lowest BCUT2D eigenvalue weighted by atomic mass is 10.1. The molecule has 1 heterocycles. The monoisotopic (exact) mass is 319 g/mol. The molecule has 0 spiro atoms. The number of aryl methyl sites for hydroxylation is 1. The Morgan fingerprint density at radius 2 is 2.00 bits per heavy atom. The quantitative estimate of drug-likeness (QED) is 0.854. The number of alkyl carbamates (subject to hydrolysis) is 1. The molecule has 1 aromatic carbocycles. The van der Waals surface area contributed by atoms with Crippen LogP contribution in [0.3, 0.4) is 0 Å². The first-order valence-corrected chi connectivity index (χ1v) is 7.67. The SMILES string of the molecule is Cc1sccc1[C@@H](CC(=O)O)NC(=O)OCc1ccccc1. The van der Waals surface area contributed by atoms with Crippen molar-refractivity contribution in [2.45, 2.75) is 26.0 Å². The summed E-state index contributed by atoms with van der Waals surface area (Å²) in [5.74, 6) is -0.973. The summed E-state index contributed by atoms with van der Waals surface area (Å²) >= 11 is 1.51. The van der Waals surface area contributed by atoms with Gasteiger partial charge in [-0.1, -0.05) is 30.3 Å². The highest BCUT2D eigenvalue weighted by molar-refractivity contribution is 7.10. The van der Waals surface area contributed by atoms with Crippen molar-refractivity contribution in [3.05, 3.63) is 57.8 Å². The molecular weight excluding hydrogens is 302 g/mol. The Hall–Kier alpha value is -2.34. The van der Waals surface area contributed by atoms with Gasteiger partial charge in [0.2, 0.25) is 0 Å². The molecule has 0 aliphatic heterocycles. The standard InChI is InChI=1S/C16H17NO4S/c1-11-13(7-8-22-11)14(9-15(18)19)17-16(20)21-10-12-5-3-2-4-6-12/h2-8,14H,9-10H2,1H3,(H,17,20)(H,18,19)/t14-/m1/s1. The minimum Gasteiger partial charge on any atom is -0.481 e. The van der Waals surface area contributed by atoms with Gasteiger partial charge in [-0.3, -0.25) is 4.79 Å². The molecule has 2 N–H and O–H groups in total. The van der Waals surface area contributed by atoms with Crippen LogP contribution in [0.25, 0.3) is 0 Å². The zero-order valence-electron chi connectivity index (χ0n) is 12.1. The number of carbonyl (C=O) groups is 2. The number of carboxylic acids is 1. The Labute approximate surface area is 132 Å². The van der Waals surface area contributed by atoms with Gasteiger partial charge in [0.1, 0.15) is 6.61 Å². The van der Waals surface area contributed by atoms with Gasteiger partial charge in [-0.05, 0) is 29.5 Å². The number of carbonyl (C=O) groups excluding carboxylic acids is 1. The van der Waals surface area contributed by atoms with Crippen LogP contribution in [-0.4, -0.2) is 17.2 Å². The Morgan fingerprint density at radius 1 is 1.27 bits per heavy atom. The van der Waals surface area contributed by atoms with Crippen molar-refractivity contribution in [2.75, 3.05) is 0 Å². The second-order valence-electron chi connectivity index (χ2n) is 4.79. The lowest BCUT2D eigenvalue weighted by Gasteiger charge is -2.17. The van der Waals surface area contributed by atoms with Crippen molar-refractivity contribution in [3.8, 4) is 0 Å². The summed E-state index contributed by atoms with van der Waals surface area (Å²) in [5.41, 5.74) is 1.68. The number of thiophene rings is 1. The molecular formula is C16H17NO4S. The summed E-state index contributed by atoms with van der Waals surface area (Å²) in [6.07, 6.45) is -0.807. The normalized spacial score (nSPS) is 11.7. The minimum atomic E-state index is -0.973. The van der Waals surface area contributed by atoms with Crippen LogP contribution in [0.5, 0.6) is 0 Å². The molecule has 0 fully saturated rings. The Morgan fingerprint density at radius 3 is 2.59 bits per heavy atom. The fourth-order valence-electron chi connectivity index (χ4n) is 2.08. The molecule has 22 heavy (non-hydrogen) atoms. The Bertz CT molecular complexity index is 639. The van der Waals surface area contributed by atoms with Crippen molar-refractivity contribution in [3.63, 3.8) is 0 Å². The molecule has 2 aromatic rings. The fraction of sp³-hybridized carbons (Fsp3) is 0.250. The van der Waals surface area contributed by atoms with Gasteiger partial charge in [-0.2, -0.15) is 0 Å². The zero-order chi connectivity index (χ0) is 15.9. The number of benzene rings is 1. The number of rotatable bonds is 6. The average Bonchev–Trinajstić information content (AvgIpc) is 2.91. The molecule has 0 unspecified atom stereocenters. The van der Waals surface area contributed by atoms with E-state index in [0.29, 0.717) is 0 Å². The third-order valence-electron chi connectivity index (χ3n) is 3.16. The molecule has 0 aliphatic rings. The van der Waals surface area contributed by atoms with E-state index in [1.165, 1.54) is 11.3 Å². The van der Waals surface area contributed by atoms with Crippen LogP contribution >= 0.6 is 11.3 Å². The molecule has 0 bridgehead atoms. The molecule has 0 saturated heterocycles. The summed E-state index contributed by atoms with van der Waals surface area (Å²) in [6.45, 7) is 2.04. The molecule has 0 aliphatic carbocycles. The zero-order valence-corrected chi connectivity index (χ0v) is 12.9. The topological polar surface area (TPSA) is 75.6 Å². The lowest BCUT2D eigenvalue weighted by molar-refractivity contribution is -0.137. The third kappa shape index (κ3) is 4.60. The number of nitrogens with one attached hydrogen (secondary N) is 1. The molecule has 1 amide bonds. The van der Waals surface area contributed by atoms with Crippen molar-refractivity contribution in [1.82, 2.24) is 5.32 Å². The van der Waals surface area contributed by atoms with Crippen LogP contribution in [0.1, 0.15) is 28.5 Å². The molecule has 0 saturated carbocycles. The first-order chi connectivity index (χ1) is 10.6. The van der Waals surface area contributed by atoms with Crippen molar-refractivity contribution < 1.29 is 19.4 Å². The number of hydrogen-bond donors (Lipinski definition) is 2. The summed E-state index contributed by atoms with van der Waals surface area (Å²) in [5, 5.41) is 13.5. The van der Waals surface area contributed by atoms with Gasteiger partial charge in [-0.25, -0.2) is 4.79 Å². The number of carboxylic acid groups (broad SMARTS) is 1. The Kier molecular flexibility index (Phi) is 5.55. The van der Waals surface area contributed by atoms with E-state index in [0.717, 1.165) is 16.0 Å². The molecule has 1 aromatic heterocycles. The van der Waals surface area contributed by atoms with Crippen LogP contribution in [0.15, 0.2) is 41.8 Å². The largest absolute Gasteiger partial charge is 0.481 e. The first-order valence-electron chi connectivity index (χ1n) is 6.79. The van der Waals surface area contributed by atoms with Gasteiger partial charge in [0.05, 0.1) is 12.5 Å². The number of hydrogen-bond acceptors (Lipinski definition) is 4. The van der Waals surface area contributed by atoms with Crippen LogP contribution in [-0.2, 0) is 16.1 Å². The molecule has 1 atom stereocenters. The second-order valence-corrected chi connectivity index (χ2v) is 5.91. The molecule has 2 rings (SSSR count). The maximum Gasteiger partial charge on any atom is 0.407 e. The van der Waals surface area contributed by atoms with Crippen LogP contribution in [0, 0.1) is 6.92 Å². The Balaban J connectivity index is 1.96.